The van der Waals surface area contributed by atoms with Crippen molar-refractivity contribution in [3.63, 3.8) is 0 Å². The molecule has 0 N–H and O–H groups in total. The number of anilines is 1. The Kier molecular flexibility index (Phi) is 3.29. The zero-order valence-electron chi connectivity index (χ0n) is 9.62. The lowest BCUT2D eigenvalue weighted by atomic mass is 10.4. The van der Waals surface area contributed by atoms with Crippen LogP contribution >= 0.6 is 0 Å². The van der Waals surface area contributed by atoms with Crippen molar-refractivity contribution in [3.8, 4) is 0 Å². The Morgan fingerprint density at radius 2 is 1.78 bits per heavy atom. The summed E-state index contributed by atoms with van der Waals surface area (Å²) in [6.07, 6.45) is 0.979. The molecule has 0 atom stereocenters. The van der Waals surface area contributed by atoms with Gasteiger partial charge in [0, 0.05) is 7.05 Å². The first-order valence-corrected chi connectivity index (χ1v) is 6.61. The van der Waals surface area contributed by atoms with Crippen molar-refractivity contribution >= 4 is 15.8 Å². The normalized spacial score (nSPS) is 11.2. The molecule has 0 spiro atoms. The predicted molar refractivity (Wildman–Crippen MR) is 66.2 cm³/mol. The van der Waals surface area contributed by atoms with E-state index in [4.69, 9.17) is 0 Å². The second-order valence-corrected chi connectivity index (χ2v) is 5.59. The fourth-order valence-electron chi connectivity index (χ4n) is 1.43. The van der Waals surface area contributed by atoms with Gasteiger partial charge in [-0.2, -0.15) is 0 Å². The highest BCUT2D eigenvalue weighted by molar-refractivity contribution is 7.92. The van der Waals surface area contributed by atoms with Gasteiger partial charge in [-0.3, -0.25) is 4.31 Å². The molecule has 0 aliphatic rings. The van der Waals surface area contributed by atoms with E-state index in [-0.39, 0.29) is 10.7 Å². The van der Waals surface area contributed by atoms with Crippen LogP contribution in [0.15, 0.2) is 53.6 Å². The molecular weight excluding hydrogens is 255 g/mol. The molecule has 6 heteroatoms. The summed E-state index contributed by atoms with van der Waals surface area (Å²) in [4.78, 5) is 3.91. The average Bonchev–Trinajstić information content (AvgIpc) is 2.40. The van der Waals surface area contributed by atoms with E-state index in [9.17, 15) is 12.8 Å². The minimum absolute atomic E-state index is 0.165. The SMILES string of the molecule is CN(c1ccc(F)cn1)S(=O)(=O)c1ccccc1. The van der Waals surface area contributed by atoms with E-state index in [0.29, 0.717) is 0 Å². The molecule has 1 heterocycles. The van der Waals surface area contributed by atoms with E-state index in [2.05, 4.69) is 4.98 Å². The highest BCUT2D eigenvalue weighted by Crippen LogP contribution is 2.19. The zero-order valence-corrected chi connectivity index (χ0v) is 10.4. The summed E-state index contributed by atoms with van der Waals surface area (Å²) in [5.74, 6) is -0.343. The summed E-state index contributed by atoms with van der Waals surface area (Å²) in [6, 6.07) is 10.5. The zero-order chi connectivity index (χ0) is 13.2. The molecule has 1 aromatic heterocycles. The first-order chi connectivity index (χ1) is 8.51. The van der Waals surface area contributed by atoms with Crippen molar-refractivity contribution in [3.05, 3.63) is 54.5 Å². The Bertz CT molecular complexity index is 627. The molecule has 0 aliphatic carbocycles. The molecule has 0 radical (unpaired) electrons. The number of hydrogen-bond donors (Lipinski definition) is 0. The molecule has 0 aliphatic heterocycles. The molecule has 1 aromatic carbocycles. The highest BCUT2D eigenvalue weighted by atomic mass is 32.2. The van der Waals surface area contributed by atoms with Gasteiger partial charge in [-0.25, -0.2) is 17.8 Å². The van der Waals surface area contributed by atoms with Gasteiger partial charge in [-0.05, 0) is 24.3 Å². The maximum atomic E-state index is 12.7. The quantitative estimate of drug-likeness (QED) is 0.854. The fraction of sp³-hybridized carbons (Fsp3) is 0.0833. The van der Waals surface area contributed by atoms with Crippen molar-refractivity contribution in [2.75, 3.05) is 11.4 Å². The number of sulfonamides is 1. The van der Waals surface area contributed by atoms with E-state index < -0.39 is 15.8 Å². The molecule has 4 nitrogen and oxygen atoms in total. The van der Waals surface area contributed by atoms with Gasteiger partial charge in [0.05, 0.1) is 11.1 Å². The maximum Gasteiger partial charge on any atom is 0.265 e. The van der Waals surface area contributed by atoms with Crippen LogP contribution in [-0.2, 0) is 10.0 Å². The molecule has 2 rings (SSSR count). The molecular formula is C12H11FN2O2S. The molecule has 0 saturated carbocycles. The minimum atomic E-state index is -3.66. The Labute approximate surface area is 105 Å². The second kappa shape index (κ2) is 4.73. The highest BCUT2D eigenvalue weighted by Gasteiger charge is 2.21. The largest absolute Gasteiger partial charge is 0.265 e. The van der Waals surface area contributed by atoms with Crippen LogP contribution in [0.2, 0.25) is 0 Å². The summed E-state index contributed by atoms with van der Waals surface area (Å²) in [6.45, 7) is 0. The van der Waals surface area contributed by atoms with Crippen molar-refractivity contribution in [2.24, 2.45) is 0 Å². The van der Waals surface area contributed by atoms with Crippen molar-refractivity contribution in [1.29, 1.82) is 0 Å². The predicted octanol–water partition coefficient (Wildman–Crippen LogP) is 2.05. The van der Waals surface area contributed by atoms with Gasteiger partial charge in [0.2, 0.25) is 0 Å². The standard InChI is InChI=1S/C12H11FN2O2S/c1-15(12-8-7-10(13)9-14-12)18(16,17)11-5-3-2-4-6-11/h2-9H,1H3. The summed E-state index contributed by atoms with van der Waals surface area (Å²) in [7, 11) is -2.28. The lowest BCUT2D eigenvalue weighted by Gasteiger charge is -2.18. The summed E-state index contributed by atoms with van der Waals surface area (Å²) < 4.78 is 38.2. The van der Waals surface area contributed by atoms with Gasteiger partial charge in [0.15, 0.2) is 0 Å². The lowest BCUT2D eigenvalue weighted by molar-refractivity contribution is 0.593. The summed E-state index contributed by atoms with van der Waals surface area (Å²) in [5.41, 5.74) is 0. The average molecular weight is 266 g/mol. The lowest BCUT2D eigenvalue weighted by Crippen LogP contribution is -2.27. The summed E-state index contributed by atoms with van der Waals surface area (Å²) in [5, 5.41) is 0. The molecule has 0 unspecified atom stereocenters. The molecule has 0 saturated heterocycles. The number of halogens is 1. The smallest absolute Gasteiger partial charge is 0.253 e. The van der Waals surface area contributed by atoms with Gasteiger partial charge >= 0.3 is 0 Å². The van der Waals surface area contributed by atoms with Crippen LogP contribution in [0.4, 0.5) is 10.2 Å². The van der Waals surface area contributed by atoms with Gasteiger partial charge < -0.3 is 0 Å². The Morgan fingerprint density at radius 3 is 2.33 bits per heavy atom. The first-order valence-electron chi connectivity index (χ1n) is 5.17. The Morgan fingerprint density at radius 1 is 1.11 bits per heavy atom. The molecule has 18 heavy (non-hydrogen) atoms. The summed E-state index contributed by atoms with van der Waals surface area (Å²) >= 11 is 0. The van der Waals surface area contributed by atoms with Gasteiger partial charge in [-0.15, -0.1) is 0 Å². The third-order valence-electron chi connectivity index (χ3n) is 2.44. The number of aromatic nitrogens is 1. The van der Waals surface area contributed by atoms with E-state index in [1.807, 2.05) is 0 Å². The molecule has 2 aromatic rings. The van der Waals surface area contributed by atoms with Crippen LogP contribution in [0.5, 0.6) is 0 Å². The van der Waals surface area contributed by atoms with Gasteiger partial charge in [0.25, 0.3) is 10.0 Å². The number of benzene rings is 1. The maximum absolute atomic E-state index is 12.7. The fourth-order valence-corrected chi connectivity index (χ4v) is 2.60. The monoisotopic (exact) mass is 266 g/mol. The van der Waals surface area contributed by atoms with Crippen LogP contribution in [0.3, 0.4) is 0 Å². The van der Waals surface area contributed by atoms with Crippen molar-refractivity contribution in [1.82, 2.24) is 4.98 Å². The van der Waals surface area contributed by atoms with Gasteiger partial charge in [0.1, 0.15) is 11.6 Å². The van der Waals surface area contributed by atoms with Gasteiger partial charge in [-0.1, -0.05) is 18.2 Å². The molecule has 0 amide bonds. The molecule has 0 bridgehead atoms. The van der Waals surface area contributed by atoms with Crippen molar-refractivity contribution in [2.45, 2.75) is 4.90 Å². The van der Waals surface area contributed by atoms with Crippen LogP contribution in [0.25, 0.3) is 0 Å². The van der Waals surface area contributed by atoms with Crippen LogP contribution in [0.1, 0.15) is 0 Å². The number of rotatable bonds is 3. The van der Waals surface area contributed by atoms with E-state index in [1.165, 1.54) is 31.3 Å². The molecule has 94 valence electrons. The number of pyridine rings is 1. The minimum Gasteiger partial charge on any atom is -0.253 e. The van der Waals surface area contributed by atoms with Crippen LogP contribution < -0.4 is 4.31 Å². The topological polar surface area (TPSA) is 50.3 Å². The van der Waals surface area contributed by atoms with E-state index in [1.54, 1.807) is 18.2 Å². The Balaban J connectivity index is 2.39. The van der Waals surface area contributed by atoms with E-state index in [0.717, 1.165) is 10.5 Å². The molecule has 0 fully saturated rings. The number of hydrogen-bond acceptors (Lipinski definition) is 3. The van der Waals surface area contributed by atoms with E-state index >= 15 is 0 Å². The van der Waals surface area contributed by atoms with Crippen molar-refractivity contribution < 1.29 is 12.8 Å². The number of nitrogens with zero attached hydrogens (tertiary/aromatic N) is 2. The van der Waals surface area contributed by atoms with Crippen LogP contribution in [0, 0.1) is 5.82 Å². The Hall–Kier alpha value is -1.95. The third-order valence-corrected chi connectivity index (χ3v) is 4.21. The third kappa shape index (κ3) is 2.33. The van der Waals surface area contributed by atoms with Crippen LogP contribution in [-0.4, -0.2) is 20.4 Å². The first kappa shape index (κ1) is 12.5. The second-order valence-electron chi connectivity index (χ2n) is 3.62.